The molecule has 0 aliphatic heterocycles. The molecule has 2 N–H and O–H groups in total. The van der Waals surface area contributed by atoms with Crippen LogP contribution in [-0.2, 0) is 0 Å². The van der Waals surface area contributed by atoms with Gasteiger partial charge in [-0.25, -0.2) is 0 Å². The first-order valence-electron chi connectivity index (χ1n) is 5.42. The van der Waals surface area contributed by atoms with Gasteiger partial charge in [0, 0.05) is 12.2 Å². The Labute approximate surface area is 93.1 Å². The number of aliphatic hydroxyl groups is 1. The minimum Gasteiger partial charge on any atom is -0.390 e. The third-order valence-corrected chi connectivity index (χ3v) is 3.06. The Hall–Kier alpha value is -1.62. The predicted octanol–water partition coefficient (Wildman–Crippen LogP) is 1.05. The SMILES string of the molecule is CC1(O)CC(Nc2nncc3cccn23)C1. The molecule has 5 nitrogen and oxygen atoms in total. The zero-order chi connectivity index (χ0) is 11.2. The lowest BCUT2D eigenvalue weighted by atomic mass is 9.77. The van der Waals surface area contributed by atoms with Gasteiger partial charge >= 0.3 is 0 Å². The standard InChI is InChI=1S/C11H14N4O/c1-11(16)5-8(6-11)13-10-14-12-7-9-3-2-4-15(9)10/h2-4,7-8,16H,5-6H2,1H3,(H,13,14). The van der Waals surface area contributed by atoms with Crippen LogP contribution in [0.25, 0.3) is 5.52 Å². The summed E-state index contributed by atoms with van der Waals surface area (Å²) < 4.78 is 1.96. The van der Waals surface area contributed by atoms with Crippen LogP contribution in [-0.4, -0.2) is 31.3 Å². The quantitative estimate of drug-likeness (QED) is 0.791. The van der Waals surface area contributed by atoms with Crippen molar-refractivity contribution in [3.63, 3.8) is 0 Å². The zero-order valence-corrected chi connectivity index (χ0v) is 9.09. The molecule has 0 saturated heterocycles. The molecule has 5 heteroatoms. The molecule has 0 unspecified atom stereocenters. The van der Waals surface area contributed by atoms with E-state index >= 15 is 0 Å². The van der Waals surface area contributed by atoms with Gasteiger partial charge in [-0.1, -0.05) is 0 Å². The maximum Gasteiger partial charge on any atom is 0.227 e. The highest BCUT2D eigenvalue weighted by Crippen LogP contribution is 2.33. The number of rotatable bonds is 2. The van der Waals surface area contributed by atoms with Crippen molar-refractivity contribution in [1.29, 1.82) is 0 Å². The van der Waals surface area contributed by atoms with E-state index in [2.05, 4.69) is 15.5 Å². The number of anilines is 1. The van der Waals surface area contributed by atoms with Crippen molar-refractivity contribution in [1.82, 2.24) is 14.6 Å². The summed E-state index contributed by atoms with van der Waals surface area (Å²) in [6, 6.07) is 4.23. The van der Waals surface area contributed by atoms with Gasteiger partial charge in [-0.2, -0.15) is 5.10 Å². The highest BCUT2D eigenvalue weighted by atomic mass is 16.3. The van der Waals surface area contributed by atoms with Crippen LogP contribution in [0.1, 0.15) is 19.8 Å². The van der Waals surface area contributed by atoms with Crippen LogP contribution >= 0.6 is 0 Å². The first-order valence-corrected chi connectivity index (χ1v) is 5.42. The monoisotopic (exact) mass is 218 g/mol. The molecule has 1 fully saturated rings. The van der Waals surface area contributed by atoms with E-state index in [1.807, 2.05) is 29.7 Å². The largest absolute Gasteiger partial charge is 0.390 e. The van der Waals surface area contributed by atoms with Crippen LogP contribution < -0.4 is 5.32 Å². The topological polar surface area (TPSA) is 62.5 Å². The third-order valence-electron chi connectivity index (χ3n) is 3.06. The van der Waals surface area contributed by atoms with Crippen LogP contribution in [0.4, 0.5) is 5.95 Å². The third kappa shape index (κ3) is 1.53. The molecule has 0 bridgehead atoms. The Morgan fingerprint density at radius 1 is 1.56 bits per heavy atom. The second kappa shape index (κ2) is 3.18. The van der Waals surface area contributed by atoms with Crippen LogP contribution in [0.2, 0.25) is 0 Å². The van der Waals surface area contributed by atoms with E-state index in [1.54, 1.807) is 6.20 Å². The van der Waals surface area contributed by atoms with E-state index in [9.17, 15) is 5.11 Å². The lowest BCUT2D eigenvalue weighted by Gasteiger charge is -2.41. The highest BCUT2D eigenvalue weighted by Gasteiger charge is 2.38. The lowest BCUT2D eigenvalue weighted by molar-refractivity contribution is -0.0236. The van der Waals surface area contributed by atoms with E-state index in [4.69, 9.17) is 0 Å². The Morgan fingerprint density at radius 2 is 2.38 bits per heavy atom. The van der Waals surface area contributed by atoms with E-state index in [0.717, 1.165) is 24.3 Å². The van der Waals surface area contributed by atoms with E-state index in [1.165, 1.54) is 0 Å². The summed E-state index contributed by atoms with van der Waals surface area (Å²) in [4.78, 5) is 0. The van der Waals surface area contributed by atoms with Crippen LogP contribution in [0.3, 0.4) is 0 Å². The van der Waals surface area contributed by atoms with Crippen LogP contribution in [0, 0.1) is 0 Å². The molecule has 1 aliphatic carbocycles. The molecular weight excluding hydrogens is 204 g/mol. The first-order chi connectivity index (χ1) is 7.64. The fraction of sp³-hybridized carbons (Fsp3) is 0.455. The Morgan fingerprint density at radius 3 is 3.12 bits per heavy atom. The van der Waals surface area contributed by atoms with Gasteiger partial charge in [0.05, 0.1) is 17.3 Å². The molecular formula is C11H14N4O. The van der Waals surface area contributed by atoms with Crippen molar-refractivity contribution in [3.8, 4) is 0 Å². The highest BCUT2D eigenvalue weighted by molar-refractivity contribution is 5.50. The number of hydrogen-bond acceptors (Lipinski definition) is 4. The first kappa shape index (κ1) is 9.59. The summed E-state index contributed by atoms with van der Waals surface area (Å²) in [6.45, 7) is 1.85. The Balaban J connectivity index is 1.82. The molecule has 0 atom stereocenters. The maximum atomic E-state index is 9.65. The van der Waals surface area contributed by atoms with Crippen LogP contribution in [0.15, 0.2) is 24.5 Å². The van der Waals surface area contributed by atoms with Gasteiger partial charge in [0.1, 0.15) is 0 Å². The minimum absolute atomic E-state index is 0.289. The minimum atomic E-state index is -0.518. The molecule has 3 rings (SSSR count). The van der Waals surface area contributed by atoms with Gasteiger partial charge in [-0.05, 0) is 31.9 Å². The van der Waals surface area contributed by atoms with Gasteiger partial charge in [0.2, 0.25) is 5.95 Å². The summed E-state index contributed by atoms with van der Waals surface area (Å²) >= 11 is 0. The summed E-state index contributed by atoms with van der Waals surface area (Å²) in [6.07, 6.45) is 5.18. The summed E-state index contributed by atoms with van der Waals surface area (Å²) in [7, 11) is 0. The Bertz CT molecular complexity index is 511. The van der Waals surface area contributed by atoms with Crippen molar-refractivity contribution in [3.05, 3.63) is 24.5 Å². The van der Waals surface area contributed by atoms with Gasteiger partial charge < -0.3 is 10.4 Å². The number of nitrogens with zero attached hydrogens (tertiary/aromatic N) is 3. The molecule has 0 aromatic carbocycles. The van der Waals surface area contributed by atoms with Crippen molar-refractivity contribution in [2.24, 2.45) is 0 Å². The normalized spacial score (nSPS) is 29.0. The molecule has 1 saturated carbocycles. The van der Waals surface area contributed by atoms with Gasteiger partial charge in [0.25, 0.3) is 0 Å². The van der Waals surface area contributed by atoms with Gasteiger partial charge in [-0.3, -0.25) is 4.40 Å². The van der Waals surface area contributed by atoms with Crippen molar-refractivity contribution >= 4 is 11.5 Å². The molecule has 2 heterocycles. The second-order valence-electron chi connectivity index (χ2n) is 4.72. The molecule has 84 valence electrons. The zero-order valence-electron chi connectivity index (χ0n) is 9.09. The number of aromatic nitrogens is 3. The molecule has 2 aromatic heterocycles. The average molecular weight is 218 g/mol. The van der Waals surface area contributed by atoms with E-state index < -0.39 is 5.60 Å². The molecule has 1 aliphatic rings. The molecule has 2 aromatic rings. The average Bonchev–Trinajstić information content (AvgIpc) is 2.63. The van der Waals surface area contributed by atoms with Crippen LogP contribution in [0.5, 0.6) is 0 Å². The van der Waals surface area contributed by atoms with Crippen molar-refractivity contribution in [2.45, 2.75) is 31.4 Å². The number of nitrogens with one attached hydrogen (secondary N) is 1. The van der Waals surface area contributed by atoms with Gasteiger partial charge in [-0.15, -0.1) is 5.10 Å². The van der Waals surface area contributed by atoms with E-state index in [-0.39, 0.29) is 6.04 Å². The van der Waals surface area contributed by atoms with Gasteiger partial charge in [0.15, 0.2) is 0 Å². The molecule has 0 spiro atoms. The summed E-state index contributed by atoms with van der Waals surface area (Å²) in [5, 5.41) is 21.0. The number of fused-ring (bicyclic) bond motifs is 1. The lowest BCUT2D eigenvalue weighted by Crippen LogP contribution is -2.48. The second-order valence-corrected chi connectivity index (χ2v) is 4.72. The molecule has 0 radical (unpaired) electrons. The fourth-order valence-corrected chi connectivity index (χ4v) is 2.27. The van der Waals surface area contributed by atoms with Crippen molar-refractivity contribution in [2.75, 3.05) is 5.32 Å². The van der Waals surface area contributed by atoms with E-state index in [0.29, 0.717) is 0 Å². The fourth-order valence-electron chi connectivity index (χ4n) is 2.27. The molecule has 16 heavy (non-hydrogen) atoms. The number of hydrogen-bond donors (Lipinski definition) is 2. The smallest absolute Gasteiger partial charge is 0.227 e. The Kier molecular flexibility index (Phi) is 1.91. The predicted molar refractivity (Wildman–Crippen MR) is 60.3 cm³/mol. The molecule has 0 amide bonds. The summed E-state index contributed by atoms with van der Waals surface area (Å²) in [5.74, 6) is 0.739. The maximum absolute atomic E-state index is 9.65. The summed E-state index contributed by atoms with van der Waals surface area (Å²) in [5.41, 5.74) is 0.499. The van der Waals surface area contributed by atoms with Crippen molar-refractivity contribution < 1.29 is 5.11 Å².